The molecule has 0 atom stereocenters. The van der Waals surface area contributed by atoms with Crippen LogP contribution in [0, 0.1) is 13.8 Å². The zero-order valence-corrected chi connectivity index (χ0v) is 12.3. The van der Waals surface area contributed by atoms with Crippen LogP contribution in [-0.4, -0.2) is 17.4 Å². The van der Waals surface area contributed by atoms with E-state index in [-0.39, 0.29) is 23.8 Å². The lowest BCUT2D eigenvalue weighted by molar-refractivity contribution is -0.127. The molecule has 4 heteroatoms. The molecule has 0 saturated carbocycles. The molecule has 104 valence electrons. The summed E-state index contributed by atoms with van der Waals surface area (Å²) in [6, 6.07) is 5.83. The second-order valence-electron chi connectivity index (χ2n) is 5.84. The van der Waals surface area contributed by atoms with E-state index in [9.17, 15) is 9.59 Å². The quantitative estimate of drug-likeness (QED) is 0.822. The molecule has 0 radical (unpaired) electrons. The van der Waals surface area contributed by atoms with Crippen LogP contribution < -0.4 is 10.6 Å². The molecule has 0 heterocycles. The van der Waals surface area contributed by atoms with E-state index in [1.807, 2.05) is 52.8 Å². The first kappa shape index (κ1) is 15.2. The first-order chi connectivity index (χ1) is 8.67. The number of aryl methyl sites for hydroxylation is 2. The number of anilines is 1. The van der Waals surface area contributed by atoms with Crippen LogP contribution in [0.1, 0.15) is 38.3 Å². The topological polar surface area (TPSA) is 58.2 Å². The Balaban J connectivity index is 2.61. The SMILES string of the molecule is Cc1ccc(C)c(NC(=O)CC(=O)NC(C)(C)C)c1. The molecular formula is C15H22N2O2. The van der Waals surface area contributed by atoms with Gasteiger partial charge in [0.2, 0.25) is 11.8 Å². The maximum absolute atomic E-state index is 11.8. The highest BCUT2D eigenvalue weighted by molar-refractivity contribution is 6.04. The normalized spacial score (nSPS) is 11.0. The van der Waals surface area contributed by atoms with Crippen molar-refractivity contribution in [3.63, 3.8) is 0 Å². The summed E-state index contributed by atoms with van der Waals surface area (Å²) in [5.74, 6) is -0.564. The van der Waals surface area contributed by atoms with Gasteiger partial charge in [-0.25, -0.2) is 0 Å². The van der Waals surface area contributed by atoms with Crippen molar-refractivity contribution < 1.29 is 9.59 Å². The minimum atomic E-state index is -0.323. The van der Waals surface area contributed by atoms with Gasteiger partial charge in [-0.3, -0.25) is 9.59 Å². The van der Waals surface area contributed by atoms with Crippen molar-refractivity contribution in [2.24, 2.45) is 0 Å². The van der Waals surface area contributed by atoms with Crippen molar-refractivity contribution in [2.45, 2.75) is 46.6 Å². The summed E-state index contributed by atoms with van der Waals surface area (Å²) in [5.41, 5.74) is 2.49. The highest BCUT2D eigenvalue weighted by atomic mass is 16.2. The third-order valence-electron chi connectivity index (χ3n) is 2.50. The highest BCUT2D eigenvalue weighted by Crippen LogP contribution is 2.16. The molecule has 0 aromatic heterocycles. The number of benzene rings is 1. The molecule has 0 spiro atoms. The van der Waals surface area contributed by atoms with Crippen LogP contribution in [0.4, 0.5) is 5.69 Å². The summed E-state index contributed by atoms with van der Waals surface area (Å²) in [6.45, 7) is 9.53. The third kappa shape index (κ3) is 5.55. The highest BCUT2D eigenvalue weighted by Gasteiger charge is 2.16. The molecular weight excluding hydrogens is 240 g/mol. The molecule has 1 aromatic rings. The van der Waals surface area contributed by atoms with Gasteiger partial charge in [0.1, 0.15) is 6.42 Å². The molecule has 0 bridgehead atoms. The van der Waals surface area contributed by atoms with Gasteiger partial charge < -0.3 is 10.6 Å². The largest absolute Gasteiger partial charge is 0.351 e. The first-order valence-electron chi connectivity index (χ1n) is 6.35. The number of carbonyl (C=O) groups is 2. The zero-order chi connectivity index (χ0) is 14.6. The molecule has 0 unspecified atom stereocenters. The van der Waals surface area contributed by atoms with Crippen molar-refractivity contribution in [2.75, 3.05) is 5.32 Å². The lowest BCUT2D eigenvalue weighted by Crippen LogP contribution is -2.41. The van der Waals surface area contributed by atoms with Crippen LogP contribution in [0.15, 0.2) is 18.2 Å². The minimum Gasteiger partial charge on any atom is -0.351 e. The number of rotatable bonds is 3. The summed E-state index contributed by atoms with van der Waals surface area (Å²) in [7, 11) is 0. The third-order valence-corrected chi connectivity index (χ3v) is 2.50. The zero-order valence-electron chi connectivity index (χ0n) is 12.3. The molecule has 2 N–H and O–H groups in total. The summed E-state index contributed by atoms with van der Waals surface area (Å²) in [6.07, 6.45) is -0.162. The molecule has 1 aromatic carbocycles. The van der Waals surface area contributed by atoms with Crippen LogP contribution in [0.25, 0.3) is 0 Å². The molecule has 0 aliphatic carbocycles. The number of amides is 2. The molecule has 0 fully saturated rings. The molecule has 19 heavy (non-hydrogen) atoms. The van der Waals surface area contributed by atoms with Gasteiger partial charge in [0.15, 0.2) is 0 Å². The standard InChI is InChI=1S/C15H22N2O2/c1-10-6-7-11(2)12(8-10)16-13(18)9-14(19)17-15(3,4)5/h6-8H,9H2,1-5H3,(H,16,18)(H,17,19). The fourth-order valence-corrected chi connectivity index (χ4v) is 1.67. The predicted octanol–water partition coefficient (Wildman–Crippen LogP) is 2.55. The minimum absolute atomic E-state index is 0.162. The van der Waals surface area contributed by atoms with E-state index >= 15 is 0 Å². The Morgan fingerprint density at radius 3 is 2.32 bits per heavy atom. The average Bonchev–Trinajstić information content (AvgIpc) is 2.20. The maximum Gasteiger partial charge on any atom is 0.233 e. The van der Waals surface area contributed by atoms with E-state index in [0.29, 0.717) is 0 Å². The van der Waals surface area contributed by atoms with Gasteiger partial charge >= 0.3 is 0 Å². The maximum atomic E-state index is 11.8. The van der Waals surface area contributed by atoms with E-state index in [2.05, 4.69) is 10.6 Å². The smallest absolute Gasteiger partial charge is 0.233 e. The Hall–Kier alpha value is -1.84. The van der Waals surface area contributed by atoms with E-state index in [1.165, 1.54) is 0 Å². The van der Waals surface area contributed by atoms with E-state index in [1.54, 1.807) is 0 Å². The van der Waals surface area contributed by atoms with Crippen molar-refractivity contribution in [1.82, 2.24) is 5.32 Å². The Kier molecular flexibility index (Phi) is 4.70. The van der Waals surface area contributed by atoms with Gasteiger partial charge in [-0.05, 0) is 51.8 Å². The van der Waals surface area contributed by atoms with Crippen LogP contribution in [0.2, 0.25) is 0 Å². The van der Waals surface area contributed by atoms with E-state index < -0.39 is 0 Å². The van der Waals surface area contributed by atoms with Crippen molar-refractivity contribution in [1.29, 1.82) is 0 Å². The molecule has 2 amide bonds. The van der Waals surface area contributed by atoms with Gasteiger partial charge in [0.05, 0.1) is 0 Å². The van der Waals surface area contributed by atoms with Crippen LogP contribution >= 0.6 is 0 Å². The molecule has 0 aliphatic rings. The van der Waals surface area contributed by atoms with Gasteiger partial charge in [0.25, 0.3) is 0 Å². The fourth-order valence-electron chi connectivity index (χ4n) is 1.67. The van der Waals surface area contributed by atoms with Crippen molar-refractivity contribution in [3.05, 3.63) is 29.3 Å². The van der Waals surface area contributed by atoms with Crippen LogP contribution in [-0.2, 0) is 9.59 Å². The van der Waals surface area contributed by atoms with Gasteiger partial charge in [-0.1, -0.05) is 12.1 Å². The lowest BCUT2D eigenvalue weighted by atomic mass is 10.1. The van der Waals surface area contributed by atoms with Gasteiger partial charge in [0, 0.05) is 11.2 Å². The average molecular weight is 262 g/mol. The number of hydrogen-bond acceptors (Lipinski definition) is 2. The van der Waals surface area contributed by atoms with Crippen molar-refractivity contribution in [3.8, 4) is 0 Å². The second-order valence-corrected chi connectivity index (χ2v) is 5.84. The second kappa shape index (κ2) is 5.87. The Morgan fingerprint density at radius 2 is 1.74 bits per heavy atom. The number of nitrogens with one attached hydrogen (secondary N) is 2. The monoisotopic (exact) mass is 262 g/mol. The van der Waals surface area contributed by atoms with Crippen LogP contribution in [0.3, 0.4) is 0 Å². The van der Waals surface area contributed by atoms with Gasteiger partial charge in [-0.2, -0.15) is 0 Å². The Bertz CT molecular complexity index is 487. The summed E-state index contributed by atoms with van der Waals surface area (Å²) in [4.78, 5) is 23.4. The Labute approximate surface area is 114 Å². The number of carbonyl (C=O) groups excluding carboxylic acids is 2. The number of hydrogen-bond donors (Lipinski definition) is 2. The fraction of sp³-hybridized carbons (Fsp3) is 0.467. The summed E-state index contributed by atoms with van der Waals surface area (Å²) < 4.78 is 0. The lowest BCUT2D eigenvalue weighted by Gasteiger charge is -2.20. The molecule has 1 rings (SSSR count). The van der Waals surface area contributed by atoms with Crippen molar-refractivity contribution >= 4 is 17.5 Å². The molecule has 4 nitrogen and oxygen atoms in total. The summed E-state index contributed by atoms with van der Waals surface area (Å²) >= 11 is 0. The summed E-state index contributed by atoms with van der Waals surface area (Å²) in [5, 5.41) is 5.53. The predicted molar refractivity (Wildman–Crippen MR) is 77.1 cm³/mol. The van der Waals surface area contributed by atoms with E-state index in [4.69, 9.17) is 0 Å². The van der Waals surface area contributed by atoms with Gasteiger partial charge in [-0.15, -0.1) is 0 Å². The molecule has 0 aliphatic heterocycles. The Morgan fingerprint density at radius 1 is 1.11 bits per heavy atom. The molecule has 0 saturated heterocycles. The first-order valence-corrected chi connectivity index (χ1v) is 6.35. The van der Waals surface area contributed by atoms with Crippen LogP contribution in [0.5, 0.6) is 0 Å². The van der Waals surface area contributed by atoms with E-state index in [0.717, 1.165) is 16.8 Å².